The molecule has 42 nitrogen and oxygen atoms in total. The van der Waals surface area contributed by atoms with Crippen LogP contribution >= 0.6 is 0 Å². The summed E-state index contributed by atoms with van der Waals surface area (Å²) >= 11 is 0. The quantitative estimate of drug-likeness (QED) is 0.0645. The molecule has 42 heteroatoms. The Morgan fingerprint density at radius 3 is 0.797 bits per heavy atom. The van der Waals surface area contributed by atoms with Gasteiger partial charge < -0.3 is 134 Å². The molecule has 0 unspecified atom stereocenters. The van der Waals surface area contributed by atoms with Gasteiger partial charge in [-0.15, -0.1) is 30.5 Å². The number of carbonyl (C=O) groups is 8. The molecule has 1 aromatic heterocycles. The molecule has 0 atom stereocenters. The summed E-state index contributed by atoms with van der Waals surface area (Å²) in [6, 6.07) is 7.37. The summed E-state index contributed by atoms with van der Waals surface area (Å²) in [4.78, 5) is 107. The second-order valence-electron chi connectivity index (χ2n) is 24.9. The Kier molecular flexibility index (Phi) is 66.2. The van der Waals surface area contributed by atoms with Crippen molar-refractivity contribution in [3.63, 3.8) is 0 Å². The van der Waals surface area contributed by atoms with Crippen LogP contribution in [0.2, 0.25) is 0 Å². The Labute approximate surface area is 689 Å². The SMILES string of the molecule is Cc1nnc(-c2ccc(CC(=O)NCCOCCOCCOCCOCCOCCOCCOCCOCCC(=O)N(CCOCCOCCOCCOCCOCCOCCOCCOCCC(=O)ON3C(=O)CCC3=O)CCOCCOCCOCCOCCOCCOCCOCCOCCC(=O)ON3C(=O)CCC3=O)cc2)nn1. The Morgan fingerprint density at radius 2 is 0.534 bits per heavy atom. The Balaban J connectivity index is 0.902. The average Bonchev–Trinajstić information content (AvgIpc) is 1.48. The first kappa shape index (κ1) is 104. The molecule has 3 heterocycles. The number of hydrogen-bond donors (Lipinski definition) is 1. The number of amides is 6. The van der Waals surface area contributed by atoms with E-state index in [1.165, 1.54) is 0 Å². The molecular formula is C76H126N8O34. The second kappa shape index (κ2) is 75.3. The maximum absolute atomic E-state index is 13.4. The maximum atomic E-state index is 13.4. The molecule has 0 spiro atoms. The summed E-state index contributed by atoms with van der Waals surface area (Å²) in [7, 11) is 0. The van der Waals surface area contributed by atoms with Crippen molar-refractivity contribution in [3.05, 3.63) is 35.7 Å². The molecule has 0 bridgehead atoms. The first-order valence-electron chi connectivity index (χ1n) is 40.2. The molecular weight excluding hydrogens is 1570 g/mol. The number of nitrogens with zero attached hydrogens (tertiary/aromatic N) is 7. The van der Waals surface area contributed by atoms with Crippen molar-refractivity contribution in [2.24, 2.45) is 0 Å². The molecule has 0 aliphatic carbocycles. The minimum absolute atomic E-state index is 0.0354. The second-order valence-corrected chi connectivity index (χ2v) is 24.9. The monoisotopic (exact) mass is 1690 g/mol. The third-order valence-electron chi connectivity index (χ3n) is 15.7. The van der Waals surface area contributed by atoms with Crippen molar-refractivity contribution in [3.8, 4) is 11.4 Å². The summed E-state index contributed by atoms with van der Waals surface area (Å²) in [5, 5.41) is 19.8. The zero-order valence-electron chi connectivity index (χ0n) is 68.5. The molecule has 4 rings (SSSR count). The number of benzene rings is 1. The largest absolute Gasteiger partial charge is 0.379 e. The fourth-order valence-corrected chi connectivity index (χ4v) is 9.55. The summed E-state index contributed by atoms with van der Waals surface area (Å²) < 4.78 is 133. The van der Waals surface area contributed by atoms with Crippen molar-refractivity contribution in [2.45, 2.75) is 58.3 Å². The molecule has 1 N–H and O–H groups in total. The predicted molar refractivity (Wildman–Crippen MR) is 409 cm³/mol. The van der Waals surface area contributed by atoms with Gasteiger partial charge in [0.25, 0.3) is 23.6 Å². The van der Waals surface area contributed by atoms with Gasteiger partial charge in [0.1, 0.15) is 0 Å². The van der Waals surface area contributed by atoms with Gasteiger partial charge >= 0.3 is 11.9 Å². The van der Waals surface area contributed by atoms with Gasteiger partial charge in [-0.2, -0.15) is 0 Å². The van der Waals surface area contributed by atoms with Crippen LogP contribution in [0.25, 0.3) is 11.4 Å². The van der Waals surface area contributed by atoms with E-state index < -0.39 is 35.6 Å². The molecule has 0 radical (unpaired) electrons. The predicted octanol–water partition coefficient (Wildman–Crippen LogP) is -0.488. The molecule has 2 aliphatic rings. The summed E-state index contributed by atoms with van der Waals surface area (Å²) in [6.07, 6.45) is 0.335. The Hall–Kier alpha value is -6.64. The van der Waals surface area contributed by atoms with E-state index in [9.17, 15) is 38.4 Å². The lowest BCUT2D eigenvalue weighted by Gasteiger charge is -2.23. The number of imide groups is 2. The van der Waals surface area contributed by atoms with E-state index in [4.69, 9.17) is 123 Å². The molecule has 118 heavy (non-hydrogen) atoms. The number of hydroxylamine groups is 4. The van der Waals surface area contributed by atoms with E-state index in [-0.39, 0.29) is 109 Å². The van der Waals surface area contributed by atoms with Crippen LogP contribution in [-0.4, -0.2) is 420 Å². The standard InChI is InChI=1S/C76H126N8O34/c1-65-78-80-76(81-79-65)67-4-2-66(3-5-67)64-68(85)77-13-19-96-25-31-102-37-43-108-49-55-114-61-58-111-52-46-105-40-34-99-28-22-93-16-10-69(86)82(14-20-97-26-32-103-38-44-109-50-56-115-62-59-112-53-47-106-41-35-100-29-23-94-17-11-74(91)117-83-70(87)6-7-71(83)88)15-21-98-27-33-104-39-45-110-51-57-116-63-60-113-54-48-107-42-36-101-30-24-95-18-12-75(92)118-84-72(89)8-9-73(84)90/h2-5H,6-64H2,1H3,(H,77,85). The molecule has 2 fully saturated rings. The highest BCUT2D eigenvalue weighted by molar-refractivity contribution is 6.02. The van der Waals surface area contributed by atoms with Crippen LogP contribution in [0.3, 0.4) is 0 Å². The lowest BCUT2D eigenvalue weighted by molar-refractivity contribution is -0.198. The topological polar surface area (TPSA) is 450 Å². The van der Waals surface area contributed by atoms with Crippen LogP contribution in [0.1, 0.15) is 56.3 Å². The number of carbonyl (C=O) groups excluding carboxylic acids is 8. The molecule has 0 saturated carbocycles. The molecule has 2 saturated heterocycles. The van der Waals surface area contributed by atoms with Gasteiger partial charge in [0.2, 0.25) is 17.6 Å². The first-order valence-corrected chi connectivity index (χ1v) is 40.2. The first-order chi connectivity index (χ1) is 58.0. The number of nitrogens with one attached hydrogen (secondary N) is 1. The van der Waals surface area contributed by atoms with E-state index in [1.54, 1.807) is 11.8 Å². The summed E-state index contributed by atoms with van der Waals surface area (Å²) in [6.45, 7) is 19.8. The van der Waals surface area contributed by atoms with E-state index in [2.05, 4.69) is 25.7 Å². The van der Waals surface area contributed by atoms with Gasteiger partial charge in [-0.1, -0.05) is 24.3 Å². The van der Waals surface area contributed by atoms with Gasteiger partial charge in [0, 0.05) is 50.9 Å². The lowest BCUT2D eigenvalue weighted by Crippen LogP contribution is -2.37. The normalized spacial score (nSPS) is 13.0. The molecule has 6 amide bonds. The molecule has 1 aromatic carbocycles. The fraction of sp³-hybridized carbons (Fsp3) is 0.789. The zero-order valence-corrected chi connectivity index (χ0v) is 68.5. The van der Waals surface area contributed by atoms with Crippen LogP contribution in [-0.2, 0) is 168 Å². The minimum Gasteiger partial charge on any atom is -0.379 e. The third-order valence-corrected chi connectivity index (χ3v) is 15.7. The highest BCUT2D eigenvalue weighted by Crippen LogP contribution is 2.16. The fourth-order valence-electron chi connectivity index (χ4n) is 9.55. The molecule has 674 valence electrons. The highest BCUT2D eigenvalue weighted by Gasteiger charge is 2.34. The summed E-state index contributed by atoms with van der Waals surface area (Å²) in [5.74, 6) is -2.86. The van der Waals surface area contributed by atoms with E-state index >= 15 is 0 Å². The smallest absolute Gasteiger partial charge is 0.335 e. The van der Waals surface area contributed by atoms with Crippen molar-refractivity contribution >= 4 is 47.4 Å². The van der Waals surface area contributed by atoms with E-state index in [0.29, 0.717) is 312 Å². The van der Waals surface area contributed by atoms with Gasteiger partial charge in [0.05, 0.1) is 343 Å². The van der Waals surface area contributed by atoms with Gasteiger partial charge in [-0.25, -0.2) is 9.59 Å². The van der Waals surface area contributed by atoms with Crippen molar-refractivity contribution in [1.82, 2.24) is 40.7 Å². The van der Waals surface area contributed by atoms with Crippen molar-refractivity contribution in [1.29, 1.82) is 0 Å². The third kappa shape index (κ3) is 59.1. The van der Waals surface area contributed by atoms with Crippen LogP contribution in [0, 0.1) is 6.92 Å². The number of ether oxygens (including phenoxy) is 24. The highest BCUT2D eigenvalue weighted by atomic mass is 16.7. The van der Waals surface area contributed by atoms with Crippen LogP contribution in [0.4, 0.5) is 0 Å². The zero-order chi connectivity index (χ0) is 84.1. The van der Waals surface area contributed by atoms with Crippen LogP contribution in [0.15, 0.2) is 24.3 Å². The number of aromatic nitrogens is 4. The Bertz CT molecular complexity index is 2720. The number of aryl methyl sites for hydroxylation is 1. The number of hydrogen-bond acceptors (Lipinski definition) is 38. The minimum atomic E-state index is -0.722. The molecule has 2 aromatic rings. The van der Waals surface area contributed by atoms with E-state index in [0.717, 1.165) is 11.1 Å². The van der Waals surface area contributed by atoms with E-state index in [1.807, 2.05) is 24.3 Å². The van der Waals surface area contributed by atoms with Gasteiger partial charge in [-0.05, 0) is 12.5 Å². The lowest BCUT2D eigenvalue weighted by atomic mass is 10.1. The van der Waals surface area contributed by atoms with Gasteiger partial charge in [0.15, 0.2) is 5.82 Å². The van der Waals surface area contributed by atoms with Gasteiger partial charge in [-0.3, -0.25) is 28.8 Å². The Morgan fingerprint density at radius 1 is 0.305 bits per heavy atom. The average molecular weight is 1700 g/mol. The molecule has 2 aliphatic heterocycles. The van der Waals surface area contributed by atoms with Crippen molar-refractivity contribution in [2.75, 3.05) is 337 Å². The summed E-state index contributed by atoms with van der Waals surface area (Å²) in [5.41, 5.74) is 1.63. The number of rotatable bonds is 86. The maximum Gasteiger partial charge on any atom is 0.335 e. The van der Waals surface area contributed by atoms with Crippen LogP contribution < -0.4 is 5.32 Å². The van der Waals surface area contributed by atoms with Crippen molar-refractivity contribution < 1.29 is 162 Å². The van der Waals surface area contributed by atoms with Crippen LogP contribution in [0.5, 0.6) is 0 Å².